The Morgan fingerprint density at radius 1 is 1.00 bits per heavy atom. The quantitative estimate of drug-likeness (QED) is 0.671. The lowest BCUT2D eigenvalue weighted by Crippen LogP contribution is -2.52. The van der Waals surface area contributed by atoms with E-state index >= 15 is 0 Å². The topological polar surface area (TPSA) is 49.8 Å². The third-order valence-corrected chi connectivity index (χ3v) is 5.19. The lowest BCUT2D eigenvalue weighted by molar-refractivity contribution is -0.143. The van der Waals surface area contributed by atoms with Crippen LogP contribution in [0.15, 0.2) is 42.5 Å². The molecule has 0 unspecified atom stereocenters. The van der Waals surface area contributed by atoms with Gasteiger partial charge in [-0.25, -0.2) is 4.39 Å². The largest absolute Gasteiger partial charge is 0.416 e. The first-order valence-electron chi connectivity index (χ1n) is 9.45. The van der Waals surface area contributed by atoms with Crippen molar-refractivity contribution in [3.8, 4) is 0 Å². The molecule has 0 spiro atoms. The molecule has 0 radical (unpaired) electrons. The number of carbonyl (C=O) groups is 1. The number of aliphatic hydroxyl groups excluding tert-OH is 1. The number of aliphatic hydroxyl groups is 1. The van der Waals surface area contributed by atoms with Crippen molar-refractivity contribution in [3.63, 3.8) is 0 Å². The highest BCUT2D eigenvalue weighted by Crippen LogP contribution is 2.38. The number of rotatable bonds is 4. The van der Waals surface area contributed by atoms with Gasteiger partial charge in [-0.2, -0.15) is 26.3 Å². The molecule has 1 saturated heterocycles. The molecule has 1 fully saturated rings. The summed E-state index contributed by atoms with van der Waals surface area (Å²) in [5.74, 6) is -1.59. The molecule has 0 saturated carbocycles. The molecular formula is C21H18F7NO3. The molecule has 11 heteroatoms. The zero-order valence-electron chi connectivity index (χ0n) is 16.4. The first-order valence-corrected chi connectivity index (χ1v) is 9.45. The molecule has 2 aromatic carbocycles. The van der Waals surface area contributed by atoms with Crippen molar-refractivity contribution < 1.29 is 45.4 Å². The zero-order chi connectivity index (χ0) is 23.7. The maximum Gasteiger partial charge on any atom is 0.416 e. The van der Waals surface area contributed by atoms with Crippen molar-refractivity contribution in [2.75, 3.05) is 26.3 Å². The van der Waals surface area contributed by atoms with Crippen LogP contribution in [0, 0.1) is 5.82 Å². The third kappa shape index (κ3) is 5.04. The fourth-order valence-electron chi connectivity index (χ4n) is 3.62. The summed E-state index contributed by atoms with van der Waals surface area (Å²) in [4.78, 5) is 14.0. The van der Waals surface area contributed by atoms with Crippen molar-refractivity contribution >= 4 is 5.91 Å². The number of nitrogens with zero attached hydrogens (tertiary/aromatic N) is 1. The van der Waals surface area contributed by atoms with E-state index in [0.29, 0.717) is 17.7 Å². The van der Waals surface area contributed by atoms with Gasteiger partial charge in [-0.3, -0.25) is 4.79 Å². The summed E-state index contributed by atoms with van der Waals surface area (Å²) in [7, 11) is 0. The molecule has 1 aliphatic heterocycles. The van der Waals surface area contributed by atoms with Gasteiger partial charge in [0.2, 0.25) is 0 Å². The van der Waals surface area contributed by atoms with E-state index in [4.69, 9.17) is 4.74 Å². The van der Waals surface area contributed by atoms with Gasteiger partial charge in [0, 0.05) is 25.1 Å². The number of benzene rings is 2. The number of hydrogen-bond acceptors (Lipinski definition) is 3. The Labute approximate surface area is 178 Å². The predicted octanol–water partition coefficient (Wildman–Crippen LogP) is 4.61. The highest BCUT2D eigenvalue weighted by Gasteiger charge is 2.41. The number of ether oxygens (including phenoxy) is 1. The van der Waals surface area contributed by atoms with Crippen LogP contribution >= 0.6 is 0 Å². The number of alkyl halides is 6. The Morgan fingerprint density at radius 3 is 2.06 bits per heavy atom. The molecule has 3 rings (SSSR count). The van der Waals surface area contributed by atoms with E-state index in [1.807, 2.05) is 0 Å². The Balaban J connectivity index is 1.99. The molecule has 1 amide bonds. The number of morpholine rings is 1. The SMILES string of the molecule is O=C(c1cc(C(F)(F)F)cc(C(F)(F)F)c1)N1CCO[C@@](CCO)(c2ccc(F)cc2)C1. The lowest BCUT2D eigenvalue weighted by Gasteiger charge is -2.43. The van der Waals surface area contributed by atoms with Crippen molar-refractivity contribution in [2.24, 2.45) is 0 Å². The monoisotopic (exact) mass is 465 g/mol. The molecule has 4 nitrogen and oxygen atoms in total. The van der Waals surface area contributed by atoms with Crippen molar-refractivity contribution in [1.29, 1.82) is 0 Å². The summed E-state index contributed by atoms with van der Waals surface area (Å²) in [6.07, 6.45) is -10.2. The molecular weight excluding hydrogens is 447 g/mol. The van der Waals surface area contributed by atoms with Crippen LogP contribution in [0.25, 0.3) is 0 Å². The molecule has 1 atom stereocenters. The molecule has 174 valence electrons. The van der Waals surface area contributed by atoms with Gasteiger partial charge in [-0.05, 0) is 35.9 Å². The van der Waals surface area contributed by atoms with E-state index in [-0.39, 0.29) is 38.8 Å². The minimum atomic E-state index is -5.09. The van der Waals surface area contributed by atoms with Crippen LogP contribution in [-0.2, 0) is 22.7 Å². The van der Waals surface area contributed by atoms with E-state index in [2.05, 4.69) is 0 Å². The second-order valence-electron chi connectivity index (χ2n) is 7.34. The fourth-order valence-corrected chi connectivity index (χ4v) is 3.62. The zero-order valence-corrected chi connectivity index (χ0v) is 16.4. The summed E-state index contributed by atoms with van der Waals surface area (Å²) in [6.45, 7) is -0.824. The number of hydrogen-bond donors (Lipinski definition) is 1. The summed E-state index contributed by atoms with van der Waals surface area (Å²) in [5.41, 5.74) is -4.85. The van der Waals surface area contributed by atoms with Gasteiger partial charge in [-0.15, -0.1) is 0 Å². The van der Waals surface area contributed by atoms with E-state index in [1.165, 1.54) is 12.1 Å². The number of amides is 1. The van der Waals surface area contributed by atoms with E-state index in [0.717, 1.165) is 17.0 Å². The van der Waals surface area contributed by atoms with Gasteiger partial charge in [0.1, 0.15) is 11.4 Å². The standard InChI is InChI=1S/C21H18F7NO3/c22-17-3-1-14(2-4-17)19(5-7-30)12-29(6-8-32-19)18(31)13-9-15(20(23,24)25)11-16(10-13)21(26,27)28/h1-4,9-11,30H,5-8,12H2/t19-/m1/s1. The highest BCUT2D eigenvalue weighted by molar-refractivity contribution is 5.95. The van der Waals surface area contributed by atoms with Gasteiger partial charge in [0.15, 0.2) is 0 Å². The van der Waals surface area contributed by atoms with Crippen LogP contribution in [0.2, 0.25) is 0 Å². The first kappa shape index (κ1) is 24.0. The van der Waals surface area contributed by atoms with Crippen LogP contribution in [-0.4, -0.2) is 42.2 Å². The Morgan fingerprint density at radius 2 is 1.56 bits per heavy atom. The normalized spacial score (nSPS) is 19.8. The van der Waals surface area contributed by atoms with E-state index in [1.54, 1.807) is 0 Å². The lowest BCUT2D eigenvalue weighted by atomic mass is 9.88. The second-order valence-corrected chi connectivity index (χ2v) is 7.34. The summed E-state index contributed by atoms with van der Waals surface area (Å²) in [5, 5.41) is 9.49. The Bertz CT molecular complexity index is 937. The van der Waals surface area contributed by atoms with Crippen molar-refractivity contribution in [2.45, 2.75) is 24.4 Å². The maximum atomic E-state index is 13.3. The second kappa shape index (κ2) is 8.70. The first-order chi connectivity index (χ1) is 14.9. The Hall–Kier alpha value is -2.66. The van der Waals surface area contributed by atoms with Gasteiger partial charge in [0.05, 0.1) is 24.3 Å². The number of halogens is 7. The van der Waals surface area contributed by atoms with Gasteiger partial charge >= 0.3 is 12.4 Å². The van der Waals surface area contributed by atoms with E-state index < -0.39 is 46.4 Å². The average Bonchev–Trinajstić information content (AvgIpc) is 2.72. The van der Waals surface area contributed by atoms with Gasteiger partial charge in [0.25, 0.3) is 5.91 Å². The fraction of sp³-hybridized carbons (Fsp3) is 0.381. The summed E-state index contributed by atoms with van der Waals surface area (Å²) >= 11 is 0. The molecule has 2 aromatic rings. The van der Waals surface area contributed by atoms with Crippen molar-refractivity contribution in [3.05, 3.63) is 70.5 Å². The maximum absolute atomic E-state index is 13.3. The molecule has 0 aliphatic carbocycles. The van der Waals surface area contributed by atoms with Crippen molar-refractivity contribution in [1.82, 2.24) is 4.90 Å². The Kier molecular flexibility index (Phi) is 6.52. The predicted molar refractivity (Wildman–Crippen MR) is 98.1 cm³/mol. The molecule has 0 bridgehead atoms. The molecule has 0 aromatic heterocycles. The molecule has 1 heterocycles. The molecule has 1 N–H and O–H groups in total. The average molecular weight is 465 g/mol. The van der Waals surface area contributed by atoms with Gasteiger partial charge < -0.3 is 14.7 Å². The van der Waals surface area contributed by atoms with Crippen LogP contribution < -0.4 is 0 Å². The summed E-state index contributed by atoms with van der Waals surface area (Å²) in [6, 6.07) is 5.74. The molecule has 32 heavy (non-hydrogen) atoms. The van der Waals surface area contributed by atoms with Gasteiger partial charge in [-0.1, -0.05) is 12.1 Å². The molecule has 1 aliphatic rings. The minimum Gasteiger partial charge on any atom is -0.396 e. The third-order valence-electron chi connectivity index (χ3n) is 5.19. The summed E-state index contributed by atoms with van der Waals surface area (Å²) < 4.78 is 98.0. The smallest absolute Gasteiger partial charge is 0.396 e. The van der Waals surface area contributed by atoms with Crippen LogP contribution in [0.4, 0.5) is 30.7 Å². The number of carbonyl (C=O) groups excluding carboxylic acids is 1. The van der Waals surface area contributed by atoms with Crippen LogP contribution in [0.3, 0.4) is 0 Å². The van der Waals surface area contributed by atoms with E-state index in [9.17, 15) is 40.6 Å². The highest BCUT2D eigenvalue weighted by atomic mass is 19.4. The minimum absolute atomic E-state index is 0.0290. The van der Waals surface area contributed by atoms with Crippen LogP contribution in [0.5, 0.6) is 0 Å². The van der Waals surface area contributed by atoms with Crippen LogP contribution in [0.1, 0.15) is 33.5 Å².